The summed E-state index contributed by atoms with van der Waals surface area (Å²) in [5, 5.41) is 2.24. The third-order valence-corrected chi connectivity index (χ3v) is 8.63. The molecule has 1 spiro atoms. The van der Waals surface area contributed by atoms with Crippen LogP contribution >= 0.6 is 23.2 Å². The zero-order valence-electron chi connectivity index (χ0n) is 22.0. The molecule has 1 fully saturated rings. The summed E-state index contributed by atoms with van der Waals surface area (Å²) in [7, 11) is 0. The van der Waals surface area contributed by atoms with Gasteiger partial charge in [0, 0.05) is 22.3 Å². The van der Waals surface area contributed by atoms with Crippen LogP contribution in [0.3, 0.4) is 0 Å². The van der Waals surface area contributed by atoms with Gasteiger partial charge in [-0.3, -0.25) is 14.4 Å². The van der Waals surface area contributed by atoms with E-state index in [0.29, 0.717) is 25.9 Å². The minimum absolute atomic E-state index is 0.1000. The van der Waals surface area contributed by atoms with Crippen LogP contribution in [-0.2, 0) is 17.9 Å². The Morgan fingerprint density at radius 2 is 1.26 bits per heavy atom. The third-order valence-electron chi connectivity index (χ3n) is 7.76. The average Bonchev–Trinajstić information content (AvgIpc) is 3.24. The van der Waals surface area contributed by atoms with Crippen LogP contribution in [-0.4, -0.2) is 30.6 Å². The first-order chi connectivity index (χ1) is 20.2. The molecule has 3 aromatic rings. The lowest BCUT2D eigenvalue weighted by atomic mass is 9.77. The molecule has 1 saturated heterocycles. The minimum Gasteiger partial charge on any atom is -0.342 e. The number of carbonyl (C=O) groups is 3. The van der Waals surface area contributed by atoms with Gasteiger partial charge in [0.05, 0.1) is 16.7 Å². The number of hydrogen-bond acceptors (Lipinski definition) is 4. The highest BCUT2D eigenvalue weighted by molar-refractivity contribution is 6.36. The summed E-state index contributed by atoms with van der Waals surface area (Å²) < 4.78 is 82.4. The van der Waals surface area contributed by atoms with Crippen molar-refractivity contribution in [1.29, 1.82) is 0 Å². The van der Waals surface area contributed by atoms with Gasteiger partial charge in [0.15, 0.2) is 11.6 Å². The van der Waals surface area contributed by atoms with Gasteiger partial charge in [0.25, 0.3) is 5.91 Å². The van der Waals surface area contributed by atoms with Crippen molar-refractivity contribution in [1.82, 2.24) is 10.6 Å². The number of amides is 1. The molecule has 13 heteroatoms. The smallest absolute Gasteiger partial charge is 0.342 e. The number of benzene rings is 3. The predicted molar refractivity (Wildman–Crippen MR) is 146 cm³/mol. The van der Waals surface area contributed by atoms with Crippen molar-refractivity contribution < 1.29 is 40.7 Å². The Labute approximate surface area is 251 Å². The summed E-state index contributed by atoms with van der Waals surface area (Å²) in [5.74, 6) is -2.71. The van der Waals surface area contributed by atoms with E-state index >= 15 is 0 Å². The Morgan fingerprint density at radius 3 is 1.77 bits per heavy atom. The van der Waals surface area contributed by atoms with Gasteiger partial charge in [-0.2, -0.15) is 26.3 Å². The van der Waals surface area contributed by atoms with Crippen LogP contribution in [0, 0.1) is 0 Å². The van der Waals surface area contributed by atoms with E-state index in [1.807, 2.05) is 0 Å². The minimum atomic E-state index is -4.84. The lowest BCUT2D eigenvalue weighted by Crippen LogP contribution is -2.48. The standard InChI is InChI=1S/C30H22Cl2F6N2O3/c31-23(16-5-1-3-7-20(16)29(33,34)35)25(41)15-13-18(22-19(14-15)27(43)40-28(22)9-11-39-12-10-28)26(42)24(32)17-6-2-4-8-21(17)30(36,37)38/h1-8,13-14,23-24,39H,9-12H2,(H,40,43). The van der Waals surface area contributed by atoms with Crippen molar-refractivity contribution >= 4 is 40.7 Å². The number of ketones is 2. The van der Waals surface area contributed by atoms with Gasteiger partial charge in [-0.25, -0.2) is 0 Å². The number of alkyl halides is 8. The van der Waals surface area contributed by atoms with Crippen LogP contribution < -0.4 is 10.6 Å². The average molecular weight is 643 g/mol. The zero-order valence-corrected chi connectivity index (χ0v) is 23.5. The summed E-state index contributed by atoms with van der Waals surface area (Å²) in [5.41, 5.74) is -5.00. The second-order valence-electron chi connectivity index (χ2n) is 10.4. The van der Waals surface area contributed by atoms with E-state index in [0.717, 1.165) is 48.5 Å². The molecule has 2 heterocycles. The number of nitrogens with one attached hydrogen (secondary N) is 2. The zero-order chi connectivity index (χ0) is 31.3. The van der Waals surface area contributed by atoms with Gasteiger partial charge in [-0.15, -0.1) is 23.2 Å². The van der Waals surface area contributed by atoms with E-state index in [2.05, 4.69) is 10.6 Å². The highest BCUT2D eigenvalue weighted by Crippen LogP contribution is 2.45. The fourth-order valence-corrected chi connectivity index (χ4v) is 6.39. The first-order valence-electron chi connectivity index (χ1n) is 13.1. The molecule has 226 valence electrons. The highest BCUT2D eigenvalue weighted by atomic mass is 35.5. The fraction of sp³-hybridized carbons (Fsp3) is 0.300. The summed E-state index contributed by atoms with van der Waals surface area (Å²) in [6.45, 7) is 0.875. The van der Waals surface area contributed by atoms with Gasteiger partial charge in [-0.05, 0) is 61.3 Å². The van der Waals surface area contributed by atoms with Crippen molar-refractivity contribution in [2.45, 2.75) is 41.5 Å². The van der Waals surface area contributed by atoms with Crippen LogP contribution in [0.15, 0.2) is 60.7 Å². The Balaban J connectivity index is 1.67. The van der Waals surface area contributed by atoms with Gasteiger partial charge in [-0.1, -0.05) is 36.4 Å². The number of carbonyl (C=O) groups excluding carboxylic acids is 3. The molecule has 43 heavy (non-hydrogen) atoms. The van der Waals surface area contributed by atoms with Crippen molar-refractivity contribution in [2.24, 2.45) is 0 Å². The molecule has 0 radical (unpaired) electrons. The molecule has 5 rings (SSSR count). The molecular weight excluding hydrogens is 621 g/mol. The number of Topliss-reactive ketones (excluding diaryl/α,β-unsaturated/α-hetero) is 2. The molecule has 2 aliphatic heterocycles. The third kappa shape index (κ3) is 5.65. The molecule has 2 aliphatic rings. The van der Waals surface area contributed by atoms with Crippen LogP contribution in [0.5, 0.6) is 0 Å². The Morgan fingerprint density at radius 1 is 0.767 bits per heavy atom. The second-order valence-corrected chi connectivity index (χ2v) is 11.2. The molecule has 0 aliphatic carbocycles. The molecule has 2 unspecified atom stereocenters. The molecule has 1 amide bonds. The van der Waals surface area contributed by atoms with Crippen molar-refractivity contribution in [2.75, 3.05) is 13.1 Å². The number of fused-ring (bicyclic) bond motifs is 2. The van der Waals surface area contributed by atoms with Crippen LogP contribution in [0.2, 0.25) is 0 Å². The van der Waals surface area contributed by atoms with Crippen LogP contribution in [0.1, 0.15) is 82.5 Å². The lowest BCUT2D eigenvalue weighted by molar-refractivity contribution is -0.139. The first kappa shape index (κ1) is 31.0. The molecule has 0 bridgehead atoms. The van der Waals surface area contributed by atoms with Crippen molar-refractivity contribution in [3.8, 4) is 0 Å². The van der Waals surface area contributed by atoms with E-state index in [9.17, 15) is 40.7 Å². The van der Waals surface area contributed by atoms with Gasteiger partial charge in [0.2, 0.25) is 0 Å². The van der Waals surface area contributed by atoms with Crippen LogP contribution in [0.25, 0.3) is 0 Å². The summed E-state index contributed by atoms with van der Waals surface area (Å²) >= 11 is 12.7. The van der Waals surface area contributed by atoms with Gasteiger partial charge >= 0.3 is 12.4 Å². The largest absolute Gasteiger partial charge is 0.416 e. The maximum Gasteiger partial charge on any atom is 0.416 e. The van der Waals surface area contributed by atoms with E-state index in [1.165, 1.54) is 12.1 Å². The molecule has 5 nitrogen and oxygen atoms in total. The van der Waals surface area contributed by atoms with E-state index in [4.69, 9.17) is 23.2 Å². The molecule has 0 aromatic heterocycles. The normalized spacial score (nSPS) is 17.7. The number of hydrogen-bond donors (Lipinski definition) is 2. The number of piperidine rings is 1. The van der Waals surface area contributed by atoms with Crippen molar-refractivity contribution in [3.05, 3.63) is 105 Å². The summed E-state index contributed by atoms with van der Waals surface area (Å²) in [6, 6.07) is 10.7. The SMILES string of the molecule is O=C1NC2(CCNCC2)c2c1cc(C(=O)C(Cl)c1ccccc1C(F)(F)F)cc2C(=O)C(Cl)c1ccccc1C(F)(F)F. The van der Waals surface area contributed by atoms with Gasteiger partial charge < -0.3 is 10.6 Å². The Bertz CT molecular complexity index is 1620. The van der Waals surface area contributed by atoms with E-state index < -0.39 is 68.4 Å². The first-order valence-corrected chi connectivity index (χ1v) is 13.9. The quantitative estimate of drug-likeness (QED) is 0.167. The molecule has 3 aromatic carbocycles. The van der Waals surface area contributed by atoms with Gasteiger partial charge in [0.1, 0.15) is 10.8 Å². The van der Waals surface area contributed by atoms with E-state index in [1.54, 1.807) is 0 Å². The predicted octanol–water partition coefficient (Wildman–Crippen LogP) is 7.37. The maximum absolute atomic E-state index is 14.0. The highest BCUT2D eigenvalue weighted by Gasteiger charge is 2.48. The fourth-order valence-electron chi connectivity index (χ4n) is 5.77. The van der Waals surface area contributed by atoms with Crippen molar-refractivity contribution in [3.63, 3.8) is 0 Å². The maximum atomic E-state index is 14.0. The molecule has 2 N–H and O–H groups in total. The number of rotatable bonds is 6. The second kappa shape index (κ2) is 11.3. The van der Waals surface area contributed by atoms with E-state index in [-0.39, 0.29) is 22.3 Å². The monoisotopic (exact) mass is 642 g/mol. The molecule has 0 saturated carbocycles. The Hall–Kier alpha value is -3.41. The summed E-state index contributed by atoms with van der Waals surface area (Å²) in [4.78, 5) is 40.8. The number of halogens is 8. The lowest BCUT2D eigenvalue weighted by Gasteiger charge is -2.36. The Kier molecular flexibility index (Phi) is 8.12. The molecule has 2 atom stereocenters. The van der Waals surface area contributed by atoms with Crippen LogP contribution in [0.4, 0.5) is 26.3 Å². The summed E-state index contributed by atoms with van der Waals surface area (Å²) in [6.07, 6.45) is -9.03. The molecular formula is C30H22Cl2F6N2O3. The topological polar surface area (TPSA) is 75.3 Å².